The molecule has 0 rings (SSSR count). The van der Waals surface area contributed by atoms with Crippen LogP contribution in [-0.4, -0.2) is 56.5 Å². The normalized spacial score (nSPS) is 13.6. The number of hydrogen-bond acceptors (Lipinski definition) is 4. The van der Waals surface area contributed by atoms with Crippen molar-refractivity contribution in [3.8, 4) is 0 Å². The standard InChI is InChI=1S/C9H22N2O2/c1-11(6-7-12)9(8-13-2)4-3-5-10/h9,12H,3-8,10H2,1-2H3. The molecule has 0 amide bonds. The molecule has 0 aliphatic carbocycles. The molecule has 0 fully saturated rings. The lowest BCUT2D eigenvalue weighted by Gasteiger charge is -2.26. The first-order chi connectivity index (χ1) is 6.26. The van der Waals surface area contributed by atoms with E-state index in [4.69, 9.17) is 15.6 Å². The number of nitrogens with two attached hydrogens (primary N) is 1. The van der Waals surface area contributed by atoms with Crippen molar-refractivity contribution in [2.45, 2.75) is 18.9 Å². The molecule has 0 bridgehead atoms. The number of ether oxygens (including phenoxy) is 1. The third-order valence-electron chi connectivity index (χ3n) is 2.18. The van der Waals surface area contributed by atoms with Crippen LogP contribution in [0.4, 0.5) is 0 Å². The van der Waals surface area contributed by atoms with Gasteiger partial charge < -0.3 is 15.6 Å². The molecule has 3 N–H and O–H groups in total. The predicted molar refractivity (Wildman–Crippen MR) is 53.7 cm³/mol. The number of aliphatic hydroxyl groups is 1. The van der Waals surface area contributed by atoms with Crippen LogP contribution in [0.15, 0.2) is 0 Å². The van der Waals surface area contributed by atoms with Crippen molar-refractivity contribution in [1.29, 1.82) is 0 Å². The smallest absolute Gasteiger partial charge is 0.0617 e. The van der Waals surface area contributed by atoms with Gasteiger partial charge >= 0.3 is 0 Å². The average Bonchev–Trinajstić information content (AvgIpc) is 2.12. The summed E-state index contributed by atoms with van der Waals surface area (Å²) in [4.78, 5) is 2.11. The summed E-state index contributed by atoms with van der Waals surface area (Å²) in [6.45, 7) is 2.31. The van der Waals surface area contributed by atoms with E-state index in [1.165, 1.54) is 0 Å². The van der Waals surface area contributed by atoms with Gasteiger partial charge in [0, 0.05) is 19.7 Å². The molecule has 0 aromatic carbocycles. The van der Waals surface area contributed by atoms with Crippen LogP contribution in [0.2, 0.25) is 0 Å². The van der Waals surface area contributed by atoms with Crippen molar-refractivity contribution in [3.05, 3.63) is 0 Å². The van der Waals surface area contributed by atoms with Gasteiger partial charge in [-0.15, -0.1) is 0 Å². The van der Waals surface area contributed by atoms with Crippen LogP contribution in [-0.2, 0) is 4.74 Å². The lowest BCUT2D eigenvalue weighted by Crippen LogP contribution is -2.37. The van der Waals surface area contributed by atoms with E-state index in [2.05, 4.69) is 4.90 Å². The Bertz CT molecular complexity index is 112. The van der Waals surface area contributed by atoms with E-state index in [0.29, 0.717) is 25.7 Å². The quantitative estimate of drug-likeness (QED) is 0.550. The Morgan fingerprint density at radius 2 is 2.23 bits per heavy atom. The monoisotopic (exact) mass is 190 g/mol. The van der Waals surface area contributed by atoms with Crippen molar-refractivity contribution in [1.82, 2.24) is 4.90 Å². The van der Waals surface area contributed by atoms with Gasteiger partial charge in [0.15, 0.2) is 0 Å². The first-order valence-corrected chi connectivity index (χ1v) is 4.76. The molecule has 0 aliphatic heterocycles. The van der Waals surface area contributed by atoms with Gasteiger partial charge in [-0.05, 0) is 26.4 Å². The van der Waals surface area contributed by atoms with Crippen molar-refractivity contribution >= 4 is 0 Å². The summed E-state index contributed by atoms with van der Waals surface area (Å²) in [5.74, 6) is 0. The highest BCUT2D eigenvalue weighted by Gasteiger charge is 2.12. The molecular formula is C9H22N2O2. The summed E-state index contributed by atoms with van der Waals surface area (Å²) in [7, 11) is 3.69. The molecule has 80 valence electrons. The number of likely N-dealkylation sites (N-methyl/N-ethyl adjacent to an activating group) is 1. The SMILES string of the molecule is COCC(CCCN)N(C)CCO. The average molecular weight is 190 g/mol. The fourth-order valence-corrected chi connectivity index (χ4v) is 1.32. The van der Waals surface area contributed by atoms with E-state index in [9.17, 15) is 0 Å². The van der Waals surface area contributed by atoms with Crippen LogP contribution in [0, 0.1) is 0 Å². The number of nitrogens with zero attached hydrogens (tertiary/aromatic N) is 1. The number of rotatable bonds is 8. The Kier molecular flexibility index (Phi) is 8.33. The molecule has 4 heteroatoms. The van der Waals surface area contributed by atoms with Crippen LogP contribution < -0.4 is 5.73 Å². The number of hydrogen-bond donors (Lipinski definition) is 2. The lowest BCUT2D eigenvalue weighted by atomic mass is 10.1. The van der Waals surface area contributed by atoms with Crippen molar-refractivity contribution < 1.29 is 9.84 Å². The van der Waals surface area contributed by atoms with Crippen LogP contribution in [0.25, 0.3) is 0 Å². The van der Waals surface area contributed by atoms with Crippen molar-refractivity contribution in [2.75, 3.05) is 40.5 Å². The molecule has 13 heavy (non-hydrogen) atoms. The fourth-order valence-electron chi connectivity index (χ4n) is 1.32. The first kappa shape index (κ1) is 12.8. The second-order valence-corrected chi connectivity index (χ2v) is 3.24. The van der Waals surface area contributed by atoms with E-state index in [-0.39, 0.29) is 6.61 Å². The fraction of sp³-hybridized carbons (Fsp3) is 1.00. The summed E-state index contributed by atoms with van der Waals surface area (Å²) in [5.41, 5.74) is 5.44. The highest BCUT2D eigenvalue weighted by molar-refractivity contribution is 4.68. The molecule has 0 radical (unpaired) electrons. The molecule has 0 heterocycles. The largest absolute Gasteiger partial charge is 0.395 e. The maximum absolute atomic E-state index is 8.77. The zero-order valence-corrected chi connectivity index (χ0v) is 8.70. The topological polar surface area (TPSA) is 58.7 Å². The summed E-state index contributed by atoms with van der Waals surface area (Å²) >= 11 is 0. The zero-order valence-electron chi connectivity index (χ0n) is 8.70. The zero-order chi connectivity index (χ0) is 10.1. The highest BCUT2D eigenvalue weighted by atomic mass is 16.5. The Labute approximate surface area is 80.7 Å². The summed E-state index contributed by atoms with van der Waals surface area (Å²) in [5, 5.41) is 8.77. The second-order valence-electron chi connectivity index (χ2n) is 3.24. The molecule has 0 spiro atoms. The Hall–Kier alpha value is -0.160. The second kappa shape index (κ2) is 8.44. The minimum atomic E-state index is 0.194. The van der Waals surface area contributed by atoms with E-state index < -0.39 is 0 Å². The van der Waals surface area contributed by atoms with Crippen LogP contribution in [0.5, 0.6) is 0 Å². The third kappa shape index (κ3) is 5.99. The van der Waals surface area contributed by atoms with Gasteiger partial charge in [0.2, 0.25) is 0 Å². The molecule has 0 saturated carbocycles. The maximum Gasteiger partial charge on any atom is 0.0617 e. The molecule has 0 saturated heterocycles. The molecule has 0 aromatic heterocycles. The van der Waals surface area contributed by atoms with Crippen LogP contribution >= 0.6 is 0 Å². The van der Waals surface area contributed by atoms with Crippen LogP contribution in [0.1, 0.15) is 12.8 Å². The Morgan fingerprint density at radius 1 is 1.54 bits per heavy atom. The van der Waals surface area contributed by atoms with Gasteiger partial charge in [0.25, 0.3) is 0 Å². The summed E-state index contributed by atoms with van der Waals surface area (Å²) in [6.07, 6.45) is 2.03. The van der Waals surface area contributed by atoms with Crippen molar-refractivity contribution in [3.63, 3.8) is 0 Å². The van der Waals surface area contributed by atoms with E-state index >= 15 is 0 Å². The Morgan fingerprint density at radius 3 is 2.69 bits per heavy atom. The van der Waals surface area contributed by atoms with Crippen molar-refractivity contribution in [2.24, 2.45) is 5.73 Å². The maximum atomic E-state index is 8.77. The van der Waals surface area contributed by atoms with Gasteiger partial charge in [0.1, 0.15) is 0 Å². The minimum absolute atomic E-state index is 0.194. The highest BCUT2D eigenvalue weighted by Crippen LogP contribution is 2.04. The lowest BCUT2D eigenvalue weighted by molar-refractivity contribution is 0.0882. The van der Waals surface area contributed by atoms with Crippen LogP contribution in [0.3, 0.4) is 0 Å². The first-order valence-electron chi connectivity index (χ1n) is 4.76. The van der Waals surface area contributed by atoms with Gasteiger partial charge in [-0.1, -0.05) is 0 Å². The molecule has 0 aromatic rings. The predicted octanol–water partition coefficient (Wildman–Crippen LogP) is -0.336. The Balaban J connectivity index is 3.75. The molecular weight excluding hydrogens is 168 g/mol. The summed E-state index contributed by atoms with van der Waals surface area (Å²) < 4.78 is 5.10. The number of methoxy groups -OCH3 is 1. The number of aliphatic hydroxyl groups excluding tert-OH is 1. The van der Waals surface area contributed by atoms with Gasteiger partial charge in [-0.2, -0.15) is 0 Å². The van der Waals surface area contributed by atoms with E-state index in [0.717, 1.165) is 12.8 Å². The molecule has 1 atom stereocenters. The van der Waals surface area contributed by atoms with E-state index in [1.54, 1.807) is 7.11 Å². The van der Waals surface area contributed by atoms with Gasteiger partial charge in [-0.25, -0.2) is 0 Å². The molecule has 1 unspecified atom stereocenters. The minimum Gasteiger partial charge on any atom is -0.395 e. The summed E-state index contributed by atoms with van der Waals surface area (Å²) in [6, 6.07) is 0.376. The van der Waals surface area contributed by atoms with Gasteiger partial charge in [0.05, 0.1) is 13.2 Å². The van der Waals surface area contributed by atoms with E-state index in [1.807, 2.05) is 7.05 Å². The third-order valence-corrected chi connectivity index (χ3v) is 2.18. The molecule has 0 aliphatic rings. The molecule has 4 nitrogen and oxygen atoms in total. The van der Waals surface area contributed by atoms with Gasteiger partial charge in [-0.3, -0.25) is 4.90 Å².